The van der Waals surface area contributed by atoms with Gasteiger partial charge in [-0.15, -0.1) is 0 Å². The van der Waals surface area contributed by atoms with E-state index in [0.717, 1.165) is 33.9 Å². The molecule has 1 N–H and O–H groups in total. The molecule has 0 aliphatic carbocycles. The number of ether oxygens (including phenoxy) is 1. The number of nitrogens with one attached hydrogen (secondary N) is 1. The predicted molar refractivity (Wildman–Crippen MR) is 92.8 cm³/mol. The highest BCUT2D eigenvalue weighted by molar-refractivity contribution is 5.80. The van der Waals surface area contributed by atoms with Crippen LogP contribution >= 0.6 is 0 Å². The Balaban J connectivity index is 1.69. The molecule has 3 aromatic carbocycles. The highest BCUT2D eigenvalue weighted by atomic mass is 16.5. The summed E-state index contributed by atoms with van der Waals surface area (Å²) in [5, 5.41) is 0. The van der Waals surface area contributed by atoms with E-state index >= 15 is 0 Å². The van der Waals surface area contributed by atoms with E-state index in [1.54, 1.807) is 0 Å². The van der Waals surface area contributed by atoms with Crippen LogP contribution < -0.4 is 4.74 Å². The monoisotopic (exact) mass is 300 g/mol. The molecule has 0 saturated carbocycles. The van der Waals surface area contributed by atoms with Crippen LogP contribution in [-0.4, -0.2) is 9.97 Å². The number of fused-ring (bicyclic) bond motifs is 1. The third kappa shape index (κ3) is 2.81. The summed E-state index contributed by atoms with van der Waals surface area (Å²) in [4.78, 5) is 8.04. The Morgan fingerprint density at radius 3 is 2.52 bits per heavy atom. The first kappa shape index (κ1) is 13.6. The maximum Gasteiger partial charge on any atom is 0.138 e. The minimum absolute atomic E-state index is 0.797. The van der Waals surface area contributed by atoms with Gasteiger partial charge in [-0.25, -0.2) is 4.98 Å². The average Bonchev–Trinajstić information content (AvgIpc) is 2.99. The van der Waals surface area contributed by atoms with Crippen LogP contribution in [0.1, 0.15) is 5.56 Å². The average molecular weight is 300 g/mol. The van der Waals surface area contributed by atoms with Crippen molar-refractivity contribution in [2.75, 3.05) is 0 Å². The zero-order chi connectivity index (χ0) is 15.6. The lowest BCUT2D eigenvalue weighted by Crippen LogP contribution is -1.85. The van der Waals surface area contributed by atoms with E-state index in [2.05, 4.69) is 29.0 Å². The number of imidazole rings is 1. The molecule has 1 aromatic heterocycles. The van der Waals surface area contributed by atoms with E-state index in [4.69, 9.17) is 4.74 Å². The first-order valence-electron chi connectivity index (χ1n) is 7.58. The molecule has 3 heteroatoms. The van der Waals surface area contributed by atoms with E-state index < -0.39 is 0 Å². The lowest BCUT2D eigenvalue weighted by Gasteiger charge is -2.06. The number of para-hydroxylation sites is 1. The van der Waals surface area contributed by atoms with E-state index in [0.29, 0.717) is 0 Å². The van der Waals surface area contributed by atoms with Crippen molar-refractivity contribution in [3.63, 3.8) is 0 Å². The van der Waals surface area contributed by atoms with Gasteiger partial charge in [0.05, 0.1) is 11.0 Å². The molecule has 0 fully saturated rings. The Hall–Kier alpha value is -3.07. The smallest absolute Gasteiger partial charge is 0.138 e. The van der Waals surface area contributed by atoms with Gasteiger partial charge in [-0.2, -0.15) is 0 Å². The van der Waals surface area contributed by atoms with Crippen molar-refractivity contribution < 1.29 is 4.74 Å². The number of aromatic nitrogens is 2. The lowest BCUT2D eigenvalue weighted by atomic mass is 10.2. The fourth-order valence-corrected chi connectivity index (χ4v) is 2.59. The molecule has 0 bridgehead atoms. The minimum atomic E-state index is 0.797. The second kappa shape index (κ2) is 5.61. The summed E-state index contributed by atoms with van der Waals surface area (Å²) >= 11 is 0. The molecular weight excluding hydrogens is 284 g/mol. The summed E-state index contributed by atoms with van der Waals surface area (Å²) < 4.78 is 5.89. The zero-order valence-corrected chi connectivity index (χ0v) is 12.8. The predicted octanol–water partition coefficient (Wildman–Crippen LogP) is 5.33. The number of hydrogen-bond donors (Lipinski definition) is 1. The van der Waals surface area contributed by atoms with Crippen molar-refractivity contribution in [2.24, 2.45) is 0 Å². The van der Waals surface area contributed by atoms with Crippen LogP contribution in [0.3, 0.4) is 0 Å². The number of benzene rings is 3. The molecule has 0 aliphatic rings. The van der Waals surface area contributed by atoms with Crippen molar-refractivity contribution in [1.82, 2.24) is 9.97 Å². The Morgan fingerprint density at radius 1 is 0.826 bits per heavy atom. The third-order valence-electron chi connectivity index (χ3n) is 3.72. The van der Waals surface area contributed by atoms with Crippen LogP contribution in [0.2, 0.25) is 0 Å². The maximum atomic E-state index is 5.89. The standard InChI is InChI=1S/C20H16N2O/c1-14-10-11-18-19(12-14)22-20(21-18)15-6-5-9-17(13-15)23-16-7-3-2-4-8-16/h2-13H,1H3,(H,21,22). The fraction of sp³-hybridized carbons (Fsp3) is 0.0500. The molecule has 0 spiro atoms. The van der Waals surface area contributed by atoms with Gasteiger partial charge in [0.25, 0.3) is 0 Å². The Bertz CT molecular complexity index is 958. The second-order valence-corrected chi connectivity index (χ2v) is 5.55. The third-order valence-corrected chi connectivity index (χ3v) is 3.72. The van der Waals surface area contributed by atoms with Gasteiger partial charge >= 0.3 is 0 Å². The summed E-state index contributed by atoms with van der Waals surface area (Å²) in [7, 11) is 0. The number of nitrogens with zero attached hydrogens (tertiary/aromatic N) is 1. The van der Waals surface area contributed by atoms with Crippen LogP contribution in [0.4, 0.5) is 0 Å². The Morgan fingerprint density at radius 2 is 1.65 bits per heavy atom. The first-order valence-corrected chi connectivity index (χ1v) is 7.58. The van der Waals surface area contributed by atoms with Crippen LogP contribution in [0.5, 0.6) is 11.5 Å². The van der Waals surface area contributed by atoms with Gasteiger partial charge in [-0.05, 0) is 48.9 Å². The normalized spacial score (nSPS) is 10.8. The number of hydrogen-bond acceptors (Lipinski definition) is 2. The van der Waals surface area contributed by atoms with Gasteiger partial charge in [0.1, 0.15) is 17.3 Å². The molecule has 23 heavy (non-hydrogen) atoms. The Kier molecular flexibility index (Phi) is 3.31. The molecule has 1 heterocycles. The second-order valence-electron chi connectivity index (χ2n) is 5.55. The molecule has 112 valence electrons. The summed E-state index contributed by atoms with van der Waals surface area (Å²) in [6.45, 7) is 2.08. The highest BCUT2D eigenvalue weighted by Gasteiger charge is 2.07. The Labute approximate surface area is 134 Å². The summed E-state index contributed by atoms with van der Waals surface area (Å²) in [5.74, 6) is 2.47. The van der Waals surface area contributed by atoms with Gasteiger partial charge in [0, 0.05) is 5.56 Å². The van der Waals surface area contributed by atoms with E-state index in [-0.39, 0.29) is 0 Å². The van der Waals surface area contributed by atoms with Crippen molar-refractivity contribution in [3.8, 4) is 22.9 Å². The number of aryl methyl sites for hydroxylation is 1. The highest BCUT2D eigenvalue weighted by Crippen LogP contribution is 2.27. The topological polar surface area (TPSA) is 37.9 Å². The van der Waals surface area contributed by atoms with Gasteiger partial charge in [-0.3, -0.25) is 0 Å². The number of rotatable bonds is 3. The van der Waals surface area contributed by atoms with Crippen molar-refractivity contribution in [2.45, 2.75) is 6.92 Å². The molecule has 3 nitrogen and oxygen atoms in total. The molecule has 0 saturated heterocycles. The largest absolute Gasteiger partial charge is 0.457 e. The molecule has 0 amide bonds. The summed E-state index contributed by atoms with van der Waals surface area (Å²) in [6, 6.07) is 23.9. The van der Waals surface area contributed by atoms with Crippen LogP contribution in [0.15, 0.2) is 72.8 Å². The molecule has 0 unspecified atom stereocenters. The SMILES string of the molecule is Cc1ccc2nc(-c3cccc(Oc4ccccc4)c3)[nH]c2c1. The van der Waals surface area contributed by atoms with Gasteiger partial charge in [-0.1, -0.05) is 36.4 Å². The summed E-state index contributed by atoms with van der Waals surface area (Å²) in [6.07, 6.45) is 0. The van der Waals surface area contributed by atoms with Crippen LogP contribution in [-0.2, 0) is 0 Å². The van der Waals surface area contributed by atoms with Gasteiger partial charge in [0.15, 0.2) is 0 Å². The minimum Gasteiger partial charge on any atom is -0.457 e. The fourth-order valence-electron chi connectivity index (χ4n) is 2.59. The van der Waals surface area contributed by atoms with E-state index in [9.17, 15) is 0 Å². The molecule has 0 radical (unpaired) electrons. The van der Waals surface area contributed by atoms with Gasteiger partial charge < -0.3 is 9.72 Å². The van der Waals surface area contributed by atoms with Crippen molar-refractivity contribution in [1.29, 1.82) is 0 Å². The van der Waals surface area contributed by atoms with Crippen molar-refractivity contribution >= 4 is 11.0 Å². The van der Waals surface area contributed by atoms with Crippen molar-refractivity contribution in [3.05, 3.63) is 78.4 Å². The first-order chi connectivity index (χ1) is 11.3. The molecule has 0 aliphatic heterocycles. The molecular formula is C20H16N2O. The zero-order valence-electron chi connectivity index (χ0n) is 12.8. The molecule has 0 atom stereocenters. The molecule has 4 aromatic rings. The van der Waals surface area contributed by atoms with Crippen LogP contribution in [0.25, 0.3) is 22.4 Å². The number of H-pyrrole nitrogens is 1. The van der Waals surface area contributed by atoms with Gasteiger partial charge in [0.2, 0.25) is 0 Å². The molecule has 4 rings (SSSR count). The number of aromatic amines is 1. The van der Waals surface area contributed by atoms with E-state index in [1.807, 2.05) is 60.7 Å². The van der Waals surface area contributed by atoms with E-state index in [1.165, 1.54) is 5.56 Å². The van der Waals surface area contributed by atoms with Crippen LogP contribution in [0, 0.1) is 6.92 Å². The summed E-state index contributed by atoms with van der Waals surface area (Å²) in [5.41, 5.74) is 4.25. The quantitative estimate of drug-likeness (QED) is 0.555. The lowest BCUT2D eigenvalue weighted by molar-refractivity contribution is 0.483. The maximum absolute atomic E-state index is 5.89.